The van der Waals surface area contributed by atoms with Gasteiger partial charge in [0.05, 0.1) is 15.6 Å². The van der Waals surface area contributed by atoms with Crippen LogP contribution in [-0.2, 0) is 10.0 Å². The molecule has 7 nitrogen and oxygen atoms in total. The maximum Gasteiger partial charge on any atom is 0.243 e. The molecule has 0 saturated carbocycles. The number of anilines is 1. The van der Waals surface area contributed by atoms with Crippen LogP contribution >= 0.6 is 11.6 Å². The number of fused-ring (bicyclic) bond motifs is 1. The van der Waals surface area contributed by atoms with Gasteiger partial charge in [0.1, 0.15) is 13.7 Å². The van der Waals surface area contributed by atoms with Gasteiger partial charge in [0.2, 0.25) is 10.0 Å². The Morgan fingerprint density at radius 3 is 2.54 bits per heavy atom. The Hall–Kier alpha value is -2.88. The van der Waals surface area contributed by atoms with Gasteiger partial charge in [-0.15, -0.1) is 0 Å². The summed E-state index contributed by atoms with van der Waals surface area (Å²) in [5.74, 6) is 0.735. The first kappa shape index (κ1) is 23.8. The summed E-state index contributed by atoms with van der Waals surface area (Å²) < 4.78 is 29.6. The second-order valence-corrected chi connectivity index (χ2v) is 11.2. The number of aryl methyl sites for hydroxylation is 2. The number of piperidine rings is 1. The Morgan fingerprint density at radius 1 is 1.09 bits per heavy atom. The van der Waals surface area contributed by atoms with Crippen molar-refractivity contribution >= 4 is 46.4 Å². The summed E-state index contributed by atoms with van der Waals surface area (Å²) in [6.07, 6.45) is 2.89. The Balaban J connectivity index is 1.39. The van der Waals surface area contributed by atoms with E-state index in [-0.39, 0.29) is 6.04 Å². The molecule has 1 N–H and O–H groups in total. The third kappa shape index (κ3) is 4.56. The van der Waals surface area contributed by atoms with Gasteiger partial charge in [-0.25, -0.2) is 13.4 Å². The van der Waals surface area contributed by atoms with Gasteiger partial charge in [0.15, 0.2) is 5.65 Å². The minimum absolute atomic E-state index is 0.0654. The van der Waals surface area contributed by atoms with E-state index in [1.54, 1.807) is 27.2 Å². The van der Waals surface area contributed by atoms with Crippen LogP contribution in [0.5, 0.6) is 0 Å². The van der Waals surface area contributed by atoms with E-state index >= 15 is 0 Å². The van der Waals surface area contributed by atoms with Crippen LogP contribution in [0.1, 0.15) is 24.0 Å². The highest BCUT2D eigenvalue weighted by molar-refractivity contribution is 7.89. The quantitative estimate of drug-likeness (QED) is 0.418. The van der Waals surface area contributed by atoms with Crippen LogP contribution in [0.3, 0.4) is 0 Å². The lowest BCUT2D eigenvalue weighted by Gasteiger charge is -2.32. The molecule has 2 aromatic carbocycles. The molecule has 4 aromatic rings. The van der Waals surface area contributed by atoms with Crippen LogP contribution in [0.4, 0.5) is 5.82 Å². The molecule has 1 fully saturated rings. The smallest absolute Gasteiger partial charge is 0.243 e. The standard InChI is InChI=1S/C25H25BClN5O2S/c1-16-7-8-19(21(27)13-16)22-14-24(32-25(30-22)20(26)15-28-32)29-18-9-11-31(12-10-18)35(33,34)23-6-4-3-5-17(23)2/h3-8,13-15,18,29H,9-12H2,1-2H3. The molecular formula is C25H25BClN5O2S. The predicted molar refractivity (Wildman–Crippen MR) is 140 cm³/mol. The molecule has 1 saturated heterocycles. The predicted octanol–water partition coefficient (Wildman–Crippen LogP) is 3.73. The van der Waals surface area contributed by atoms with Crippen LogP contribution in [0.15, 0.2) is 59.6 Å². The zero-order valence-electron chi connectivity index (χ0n) is 19.6. The molecule has 178 valence electrons. The molecule has 0 atom stereocenters. The highest BCUT2D eigenvalue weighted by atomic mass is 35.5. The van der Waals surface area contributed by atoms with Gasteiger partial charge in [0.25, 0.3) is 0 Å². The fourth-order valence-corrected chi connectivity index (χ4v) is 6.51. The van der Waals surface area contributed by atoms with Crippen molar-refractivity contribution in [1.29, 1.82) is 0 Å². The summed E-state index contributed by atoms with van der Waals surface area (Å²) >= 11 is 6.52. The van der Waals surface area contributed by atoms with E-state index in [4.69, 9.17) is 24.4 Å². The second kappa shape index (κ2) is 9.30. The van der Waals surface area contributed by atoms with Crippen molar-refractivity contribution in [3.8, 4) is 11.3 Å². The van der Waals surface area contributed by atoms with E-state index in [1.165, 1.54) is 0 Å². The van der Waals surface area contributed by atoms with Gasteiger partial charge in [-0.1, -0.05) is 41.9 Å². The third-order valence-corrected chi connectivity index (χ3v) is 8.79. The topological polar surface area (TPSA) is 79.6 Å². The fourth-order valence-electron chi connectivity index (χ4n) is 4.48. The summed E-state index contributed by atoms with van der Waals surface area (Å²) in [5.41, 5.74) is 4.33. The Bertz CT molecular complexity index is 1510. The molecule has 0 bridgehead atoms. The Morgan fingerprint density at radius 2 is 1.83 bits per heavy atom. The molecule has 2 aromatic heterocycles. The van der Waals surface area contributed by atoms with E-state index in [9.17, 15) is 8.42 Å². The number of aromatic nitrogens is 3. The molecular weight excluding hydrogens is 481 g/mol. The van der Waals surface area contributed by atoms with Gasteiger partial charge in [-0.2, -0.15) is 13.9 Å². The first-order valence-electron chi connectivity index (χ1n) is 11.5. The molecule has 1 aliphatic heterocycles. The monoisotopic (exact) mass is 505 g/mol. The lowest BCUT2D eigenvalue weighted by Crippen LogP contribution is -2.42. The zero-order valence-corrected chi connectivity index (χ0v) is 21.1. The van der Waals surface area contributed by atoms with E-state index < -0.39 is 10.0 Å². The SMILES string of the molecule is [B]c1cnn2c(NC3CCN(S(=O)(=O)c4ccccc4C)CC3)cc(-c3ccc(C)cc3Cl)nc12. The van der Waals surface area contributed by atoms with Crippen molar-refractivity contribution in [2.24, 2.45) is 0 Å². The molecule has 0 unspecified atom stereocenters. The first-order valence-corrected chi connectivity index (χ1v) is 13.3. The van der Waals surface area contributed by atoms with Gasteiger partial charge in [0, 0.05) is 37.0 Å². The number of sulfonamides is 1. The van der Waals surface area contributed by atoms with Crippen molar-refractivity contribution in [1.82, 2.24) is 18.9 Å². The van der Waals surface area contributed by atoms with Crippen LogP contribution in [0.25, 0.3) is 16.9 Å². The molecule has 1 aliphatic rings. The minimum Gasteiger partial charge on any atom is -0.367 e. The maximum absolute atomic E-state index is 13.2. The highest BCUT2D eigenvalue weighted by Gasteiger charge is 2.30. The lowest BCUT2D eigenvalue weighted by molar-refractivity contribution is 0.329. The number of nitrogens with zero attached hydrogens (tertiary/aromatic N) is 4. The highest BCUT2D eigenvalue weighted by Crippen LogP contribution is 2.30. The average molecular weight is 506 g/mol. The van der Waals surface area contributed by atoms with E-state index in [0.29, 0.717) is 52.7 Å². The Kier molecular flexibility index (Phi) is 6.33. The van der Waals surface area contributed by atoms with Gasteiger partial charge < -0.3 is 5.32 Å². The molecule has 35 heavy (non-hydrogen) atoms. The molecule has 10 heteroatoms. The summed E-state index contributed by atoms with van der Waals surface area (Å²) in [6.45, 7) is 4.67. The Labute approximate surface area is 211 Å². The fraction of sp³-hybridized carbons (Fsp3) is 0.280. The van der Waals surface area contributed by atoms with Gasteiger partial charge in [-0.3, -0.25) is 0 Å². The zero-order chi connectivity index (χ0) is 24.7. The molecule has 0 aliphatic carbocycles. The van der Waals surface area contributed by atoms with E-state index in [1.807, 2.05) is 50.2 Å². The third-order valence-electron chi connectivity index (χ3n) is 6.42. The second-order valence-electron chi connectivity index (χ2n) is 8.93. The average Bonchev–Trinajstić information content (AvgIpc) is 3.20. The molecule has 3 heterocycles. The lowest BCUT2D eigenvalue weighted by atomic mass is 10.0. The first-order chi connectivity index (χ1) is 16.7. The number of hydrogen-bond acceptors (Lipinski definition) is 5. The van der Waals surface area contributed by atoms with Crippen LogP contribution in [-0.4, -0.2) is 54.3 Å². The normalized spacial score (nSPS) is 15.5. The molecule has 0 spiro atoms. The van der Waals surface area contributed by atoms with E-state index in [2.05, 4.69) is 10.4 Å². The van der Waals surface area contributed by atoms with Crippen LogP contribution < -0.4 is 10.8 Å². The summed E-state index contributed by atoms with van der Waals surface area (Å²) in [4.78, 5) is 5.07. The summed E-state index contributed by atoms with van der Waals surface area (Å²) in [6, 6.07) is 14.9. The minimum atomic E-state index is -3.52. The number of halogens is 1. The molecule has 2 radical (unpaired) electrons. The number of benzene rings is 2. The van der Waals surface area contributed by atoms with Crippen molar-refractivity contribution in [2.45, 2.75) is 37.6 Å². The van der Waals surface area contributed by atoms with E-state index in [0.717, 1.165) is 22.5 Å². The number of rotatable bonds is 5. The van der Waals surface area contributed by atoms with Crippen molar-refractivity contribution in [2.75, 3.05) is 18.4 Å². The summed E-state index contributed by atoms with van der Waals surface area (Å²) in [5, 5.41) is 8.54. The van der Waals surface area contributed by atoms with Crippen molar-refractivity contribution in [3.05, 3.63) is 70.9 Å². The molecule has 5 rings (SSSR count). The molecule has 0 amide bonds. The van der Waals surface area contributed by atoms with Crippen LogP contribution in [0, 0.1) is 13.8 Å². The van der Waals surface area contributed by atoms with Crippen LogP contribution in [0.2, 0.25) is 5.02 Å². The van der Waals surface area contributed by atoms with Crippen molar-refractivity contribution in [3.63, 3.8) is 0 Å². The largest absolute Gasteiger partial charge is 0.367 e. The summed E-state index contributed by atoms with van der Waals surface area (Å²) in [7, 11) is 2.62. The van der Waals surface area contributed by atoms with Crippen molar-refractivity contribution < 1.29 is 8.42 Å². The number of nitrogens with one attached hydrogen (secondary N) is 1. The van der Waals surface area contributed by atoms with Gasteiger partial charge in [-0.05, 0) is 55.4 Å². The van der Waals surface area contributed by atoms with Gasteiger partial charge >= 0.3 is 0 Å². The number of hydrogen-bond donors (Lipinski definition) is 1. The maximum atomic E-state index is 13.2.